The molecule has 0 aromatic carbocycles. The normalized spacial score (nSPS) is 11.4. The molecule has 0 atom stereocenters. The average molecular weight is 327 g/mol. The third kappa shape index (κ3) is 2.59. The van der Waals surface area contributed by atoms with Gasteiger partial charge in [-0.2, -0.15) is 0 Å². The molecule has 0 saturated carbocycles. The minimum absolute atomic E-state index is 0.0439. The van der Waals surface area contributed by atoms with Crippen molar-refractivity contribution in [3.8, 4) is 11.4 Å². The number of halogens is 1. The maximum absolute atomic E-state index is 12.0. The molecule has 94 valence electrons. The number of hydrogen-bond acceptors (Lipinski definition) is 4. The molecular formula is C12H11BrN2O2S. The van der Waals surface area contributed by atoms with Gasteiger partial charge >= 0.3 is 0 Å². The minimum Gasteiger partial charge on any atom is -0.253 e. The fourth-order valence-corrected chi connectivity index (χ4v) is 2.79. The van der Waals surface area contributed by atoms with Crippen LogP contribution in [0.5, 0.6) is 0 Å². The number of sulfone groups is 1. The van der Waals surface area contributed by atoms with Gasteiger partial charge in [-0.15, -0.1) is 0 Å². The van der Waals surface area contributed by atoms with Gasteiger partial charge in [0.25, 0.3) is 0 Å². The van der Waals surface area contributed by atoms with E-state index in [0.717, 1.165) is 4.47 Å². The van der Waals surface area contributed by atoms with E-state index in [1.165, 1.54) is 0 Å². The van der Waals surface area contributed by atoms with Gasteiger partial charge in [-0.05, 0) is 40.2 Å². The van der Waals surface area contributed by atoms with Crippen LogP contribution in [0.3, 0.4) is 0 Å². The van der Waals surface area contributed by atoms with Gasteiger partial charge in [-0.25, -0.2) is 8.42 Å². The Morgan fingerprint density at radius 2 is 2.00 bits per heavy atom. The molecule has 0 aliphatic heterocycles. The molecule has 0 unspecified atom stereocenters. The summed E-state index contributed by atoms with van der Waals surface area (Å²) < 4.78 is 24.8. The first-order valence-corrected chi connectivity index (χ1v) is 7.79. The van der Waals surface area contributed by atoms with Crippen LogP contribution in [0.4, 0.5) is 0 Å². The monoisotopic (exact) mass is 326 g/mol. The lowest BCUT2D eigenvalue weighted by molar-refractivity contribution is 0.597. The van der Waals surface area contributed by atoms with Crippen molar-refractivity contribution in [1.82, 2.24) is 9.97 Å². The molecule has 0 spiro atoms. The lowest BCUT2D eigenvalue weighted by Gasteiger charge is -2.07. The third-order valence-corrected chi connectivity index (χ3v) is 4.68. The van der Waals surface area contributed by atoms with Crippen molar-refractivity contribution < 1.29 is 8.42 Å². The molecule has 2 heterocycles. The fourth-order valence-electron chi connectivity index (χ4n) is 1.51. The van der Waals surface area contributed by atoms with E-state index in [9.17, 15) is 8.42 Å². The minimum atomic E-state index is -3.30. The van der Waals surface area contributed by atoms with Crippen LogP contribution in [0.1, 0.15) is 6.92 Å². The lowest BCUT2D eigenvalue weighted by Crippen LogP contribution is -2.07. The molecule has 0 fully saturated rings. The van der Waals surface area contributed by atoms with Crippen LogP contribution in [0.2, 0.25) is 0 Å². The molecule has 4 nitrogen and oxygen atoms in total. The van der Waals surface area contributed by atoms with Crippen molar-refractivity contribution in [2.75, 3.05) is 5.75 Å². The molecule has 2 aromatic heterocycles. The second kappa shape index (κ2) is 5.16. The summed E-state index contributed by atoms with van der Waals surface area (Å²) in [6, 6.07) is 6.72. The predicted octanol–water partition coefficient (Wildman–Crippen LogP) is 2.70. The second-order valence-corrected chi connectivity index (χ2v) is 6.78. The summed E-state index contributed by atoms with van der Waals surface area (Å²) in [6.45, 7) is 1.61. The number of aromatic nitrogens is 2. The van der Waals surface area contributed by atoms with E-state index >= 15 is 0 Å². The van der Waals surface area contributed by atoms with Crippen molar-refractivity contribution in [3.63, 3.8) is 0 Å². The standard InChI is InChI=1S/C12H11BrN2O2S/c1-2-18(16,17)11-4-3-7-14-12(11)10-6-5-9(13)8-15-10/h3-8H,2H2,1H3. The number of hydrogen-bond donors (Lipinski definition) is 0. The number of pyridine rings is 2. The molecule has 6 heteroatoms. The van der Waals surface area contributed by atoms with E-state index < -0.39 is 9.84 Å². The molecule has 18 heavy (non-hydrogen) atoms. The van der Waals surface area contributed by atoms with Crippen molar-refractivity contribution in [2.24, 2.45) is 0 Å². The highest BCUT2D eigenvalue weighted by Gasteiger charge is 2.18. The van der Waals surface area contributed by atoms with E-state index in [4.69, 9.17) is 0 Å². The molecule has 0 aliphatic rings. The average Bonchev–Trinajstić information content (AvgIpc) is 2.40. The van der Waals surface area contributed by atoms with Crippen LogP contribution >= 0.6 is 15.9 Å². The van der Waals surface area contributed by atoms with E-state index in [1.807, 2.05) is 0 Å². The van der Waals surface area contributed by atoms with Gasteiger partial charge in [0, 0.05) is 16.9 Å². The fraction of sp³-hybridized carbons (Fsp3) is 0.167. The summed E-state index contributed by atoms with van der Waals surface area (Å²) in [4.78, 5) is 8.54. The molecule has 0 aliphatic carbocycles. The zero-order chi connectivity index (χ0) is 13.2. The summed E-state index contributed by atoms with van der Waals surface area (Å²) >= 11 is 3.29. The van der Waals surface area contributed by atoms with Gasteiger partial charge in [0.2, 0.25) is 0 Å². The largest absolute Gasteiger partial charge is 0.253 e. The molecule has 2 aromatic rings. The van der Waals surface area contributed by atoms with Gasteiger partial charge in [0.15, 0.2) is 9.84 Å². The molecule has 0 amide bonds. The van der Waals surface area contributed by atoms with Crippen LogP contribution in [0.15, 0.2) is 46.0 Å². The highest BCUT2D eigenvalue weighted by molar-refractivity contribution is 9.10. The van der Waals surface area contributed by atoms with E-state index in [2.05, 4.69) is 25.9 Å². The summed E-state index contributed by atoms with van der Waals surface area (Å²) in [5, 5.41) is 0. The number of nitrogens with zero attached hydrogens (tertiary/aromatic N) is 2. The third-order valence-electron chi connectivity index (χ3n) is 2.46. The number of rotatable bonds is 3. The van der Waals surface area contributed by atoms with Crippen LogP contribution in [0.25, 0.3) is 11.4 Å². The van der Waals surface area contributed by atoms with Crippen molar-refractivity contribution in [3.05, 3.63) is 41.1 Å². The summed E-state index contributed by atoms with van der Waals surface area (Å²) in [5.74, 6) is 0.0439. The van der Waals surface area contributed by atoms with E-state index in [0.29, 0.717) is 11.4 Å². The van der Waals surface area contributed by atoms with Crippen LogP contribution in [-0.2, 0) is 9.84 Å². The van der Waals surface area contributed by atoms with Crippen molar-refractivity contribution in [1.29, 1.82) is 0 Å². The molecule has 0 saturated heterocycles. The molecule has 0 N–H and O–H groups in total. The van der Waals surface area contributed by atoms with E-state index in [1.54, 1.807) is 43.6 Å². The summed E-state index contributed by atoms with van der Waals surface area (Å²) in [7, 11) is -3.30. The Bertz CT molecular complexity index is 654. The van der Waals surface area contributed by atoms with Gasteiger partial charge < -0.3 is 0 Å². The summed E-state index contributed by atoms with van der Waals surface area (Å²) in [5.41, 5.74) is 0.942. The van der Waals surface area contributed by atoms with Gasteiger partial charge in [-0.1, -0.05) is 6.92 Å². The highest BCUT2D eigenvalue weighted by Crippen LogP contribution is 2.24. The molecule has 0 radical (unpaired) electrons. The van der Waals surface area contributed by atoms with Crippen molar-refractivity contribution in [2.45, 2.75) is 11.8 Å². The molecule has 0 bridgehead atoms. The Kier molecular flexibility index (Phi) is 3.77. The Balaban J connectivity index is 2.62. The Labute approximate surface area is 114 Å². The predicted molar refractivity (Wildman–Crippen MR) is 72.9 cm³/mol. The van der Waals surface area contributed by atoms with Gasteiger partial charge in [0.1, 0.15) is 5.69 Å². The summed E-state index contributed by atoms with van der Waals surface area (Å²) in [6.07, 6.45) is 3.18. The Morgan fingerprint density at radius 3 is 2.61 bits per heavy atom. The maximum atomic E-state index is 12.0. The topological polar surface area (TPSA) is 59.9 Å². The first-order valence-electron chi connectivity index (χ1n) is 5.34. The Morgan fingerprint density at radius 1 is 1.22 bits per heavy atom. The zero-order valence-electron chi connectivity index (χ0n) is 9.67. The van der Waals surface area contributed by atoms with Crippen LogP contribution in [0, 0.1) is 0 Å². The van der Waals surface area contributed by atoms with Gasteiger partial charge in [0.05, 0.1) is 16.3 Å². The SMILES string of the molecule is CCS(=O)(=O)c1cccnc1-c1ccc(Br)cn1. The first kappa shape index (κ1) is 13.2. The Hall–Kier alpha value is -1.27. The van der Waals surface area contributed by atoms with Crippen molar-refractivity contribution >= 4 is 25.8 Å². The zero-order valence-corrected chi connectivity index (χ0v) is 12.1. The lowest BCUT2D eigenvalue weighted by atomic mass is 10.2. The van der Waals surface area contributed by atoms with Crippen LogP contribution < -0.4 is 0 Å². The van der Waals surface area contributed by atoms with Gasteiger partial charge in [-0.3, -0.25) is 9.97 Å². The van der Waals surface area contributed by atoms with Crippen LogP contribution in [-0.4, -0.2) is 24.1 Å². The first-order chi connectivity index (χ1) is 8.54. The maximum Gasteiger partial charge on any atom is 0.180 e. The highest BCUT2D eigenvalue weighted by atomic mass is 79.9. The second-order valence-electron chi connectivity index (χ2n) is 3.62. The molecule has 2 rings (SSSR count). The van der Waals surface area contributed by atoms with E-state index in [-0.39, 0.29) is 10.6 Å². The molecular weight excluding hydrogens is 316 g/mol. The quantitative estimate of drug-likeness (QED) is 0.870. The smallest absolute Gasteiger partial charge is 0.180 e.